The first-order chi connectivity index (χ1) is 22.8. The van der Waals surface area contributed by atoms with Crippen molar-refractivity contribution in [2.24, 2.45) is 0 Å². The molecule has 48 heavy (non-hydrogen) atoms. The summed E-state index contributed by atoms with van der Waals surface area (Å²) in [6, 6.07) is 2.72. The highest BCUT2D eigenvalue weighted by Gasteiger charge is 2.49. The highest BCUT2D eigenvalue weighted by Crippen LogP contribution is 2.49. The molecule has 16 heteroatoms. The van der Waals surface area contributed by atoms with Crippen LogP contribution in [0.4, 0.5) is 32.9 Å². The highest BCUT2D eigenvalue weighted by atomic mass is 35.5. The number of thiazole rings is 1. The molecule has 0 saturated carbocycles. The number of amides is 1. The summed E-state index contributed by atoms with van der Waals surface area (Å²) >= 11 is 7.74. The quantitative estimate of drug-likeness (QED) is 0.172. The molecule has 7 rings (SSSR count). The fourth-order valence-electron chi connectivity index (χ4n) is 7.41. The average Bonchev–Trinajstić information content (AvgIpc) is 3.82. The maximum Gasteiger partial charge on any atom is 0.417 e. The Morgan fingerprint density at radius 2 is 2.04 bits per heavy atom. The highest BCUT2D eigenvalue weighted by molar-refractivity contribution is 7.22. The third-order valence-corrected chi connectivity index (χ3v) is 11.0. The van der Waals surface area contributed by atoms with Crippen molar-refractivity contribution in [2.75, 3.05) is 50.5 Å². The second-order valence-electron chi connectivity index (χ2n) is 12.6. The number of likely N-dealkylation sites (tertiary alicyclic amines) is 1. The summed E-state index contributed by atoms with van der Waals surface area (Å²) < 4.78 is 80.2. The zero-order chi connectivity index (χ0) is 34.1. The molecule has 3 aliphatic heterocycles. The normalized spacial score (nSPS) is 22.9. The number of ether oxygens (including phenoxy) is 1. The number of alkyl halides is 4. The van der Waals surface area contributed by atoms with Gasteiger partial charge in [0.25, 0.3) is 0 Å². The SMILES string of the molecule is C=CC(=O)N1CCC(N(C)c2nc(OCC34CCCN3CC(F)C4)nc3c(Cl)c(-c4ccc(F)c5sc(N)nc45)c(C(F)(F)F)cc23)C1. The maximum absolute atomic E-state index is 14.9. The van der Waals surface area contributed by atoms with Gasteiger partial charge in [0.05, 0.1) is 31.9 Å². The van der Waals surface area contributed by atoms with E-state index in [2.05, 4.69) is 26.4 Å². The molecule has 3 atom stereocenters. The topological polar surface area (TPSA) is 101 Å². The molecule has 0 bridgehead atoms. The van der Waals surface area contributed by atoms with Crippen LogP contribution in [0.1, 0.15) is 31.2 Å². The summed E-state index contributed by atoms with van der Waals surface area (Å²) in [7, 11) is 1.68. The number of anilines is 2. The lowest BCUT2D eigenvalue weighted by Gasteiger charge is -2.31. The number of rotatable bonds is 7. The zero-order valence-electron chi connectivity index (χ0n) is 25.8. The number of fused-ring (bicyclic) bond motifs is 3. The molecular weight excluding hydrogens is 677 g/mol. The average molecular weight is 708 g/mol. The van der Waals surface area contributed by atoms with E-state index in [9.17, 15) is 26.7 Å². The van der Waals surface area contributed by atoms with Crippen LogP contribution in [-0.4, -0.2) is 88.2 Å². The first-order valence-corrected chi connectivity index (χ1v) is 16.6. The number of aromatic nitrogens is 3. The predicted molar refractivity (Wildman–Crippen MR) is 175 cm³/mol. The van der Waals surface area contributed by atoms with Gasteiger partial charge in [0, 0.05) is 55.7 Å². The van der Waals surface area contributed by atoms with Gasteiger partial charge in [-0.05, 0) is 50.1 Å². The molecule has 3 saturated heterocycles. The Labute approximate surface area is 281 Å². The number of nitrogens with two attached hydrogens (primary N) is 1. The van der Waals surface area contributed by atoms with Crippen molar-refractivity contribution in [1.29, 1.82) is 0 Å². The van der Waals surface area contributed by atoms with Crippen molar-refractivity contribution in [3.05, 3.63) is 47.3 Å². The van der Waals surface area contributed by atoms with E-state index in [1.54, 1.807) is 16.8 Å². The number of halogens is 6. The fraction of sp³-hybridized carbons (Fsp3) is 0.438. The number of hydrogen-bond donors (Lipinski definition) is 1. The van der Waals surface area contributed by atoms with E-state index >= 15 is 0 Å². The van der Waals surface area contributed by atoms with Crippen molar-refractivity contribution in [2.45, 2.75) is 49.6 Å². The standard InChI is InChI=1S/C32H31ClF5N7O2S/c1-3-22(46)44-10-7-17(14-44)43(2)28-19-11-20(32(36,37)38)23(18-5-6-21(35)27-26(18)40-29(39)48-27)24(33)25(19)41-30(42-28)47-15-31-8-4-9-45(31)13-16(34)12-31/h3,5-6,11,16-17H,1,4,7-10,12-15H2,2H3,(H2,39,40). The number of nitrogen functional groups attached to an aromatic ring is 1. The Morgan fingerprint density at radius 1 is 1.25 bits per heavy atom. The molecule has 9 nitrogen and oxygen atoms in total. The molecule has 3 fully saturated rings. The van der Waals surface area contributed by atoms with Crippen molar-refractivity contribution in [3.8, 4) is 17.1 Å². The van der Waals surface area contributed by atoms with Gasteiger partial charge in [-0.2, -0.15) is 23.1 Å². The molecule has 2 N–H and O–H groups in total. The van der Waals surface area contributed by atoms with Gasteiger partial charge in [0.1, 0.15) is 24.4 Å². The lowest BCUT2D eigenvalue weighted by Crippen LogP contribution is -2.43. The summed E-state index contributed by atoms with van der Waals surface area (Å²) in [5.74, 6) is -0.825. The van der Waals surface area contributed by atoms with Gasteiger partial charge < -0.3 is 20.3 Å². The minimum atomic E-state index is -4.91. The van der Waals surface area contributed by atoms with Gasteiger partial charge in [-0.1, -0.05) is 29.5 Å². The Hall–Kier alpha value is -3.82. The first kappa shape index (κ1) is 32.7. The summed E-state index contributed by atoms with van der Waals surface area (Å²) in [6.45, 7) is 5.37. The van der Waals surface area contributed by atoms with E-state index in [0.29, 0.717) is 25.9 Å². The smallest absolute Gasteiger partial charge is 0.417 e. The van der Waals surface area contributed by atoms with Gasteiger partial charge in [-0.25, -0.2) is 13.8 Å². The molecule has 0 spiro atoms. The van der Waals surface area contributed by atoms with Gasteiger partial charge in [-0.3, -0.25) is 9.69 Å². The molecule has 2 aromatic carbocycles. The van der Waals surface area contributed by atoms with Crippen molar-refractivity contribution in [3.63, 3.8) is 0 Å². The molecule has 254 valence electrons. The minimum absolute atomic E-state index is 0.000847. The lowest BCUT2D eigenvalue weighted by atomic mass is 9.95. The van der Waals surface area contributed by atoms with Crippen molar-refractivity contribution >= 4 is 60.9 Å². The second-order valence-corrected chi connectivity index (χ2v) is 14.0. The summed E-state index contributed by atoms with van der Waals surface area (Å²) in [6.07, 6.45) is -2.28. The monoisotopic (exact) mass is 707 g/mol. The van der Waals surface area contributed by atoms with Crippen LogP contribution in [0.3, 0.4) is 0 Å². The van der Waals surface area contributed by atoms with Crippen LogP contribution in [-0.2, 0) is 11.0 Å². The van der Waals surface area contributed by atoms with Crippen molar-refractivity contribution in [1.82, 2.24) is 24.8 Å². The van der Waals surface area contributed by atoms with E-state index in [4.69, 9.17) is 22.1 Å². The van der Waals surface area contributed by atoms with E-state index in [1.807, 2.05) is 0 Å². The second kappa shape index (κ2) is 11.9. The molecule has 5 heterocycles. The summed E-state index contributed by atoms with van der Waals surface area (Å²) in [4.78, 5) is 31.0. The number of benzene rings is 2. The molecule has 0 aliphatic carbocycles. The number of carbonyl (C=O) groups is 1. The Balaban J connectivity index is 1.41. The van der Waals surface area contributed by atoms with Crippen molar-refractivity contribution < 1.29 is 31.5 Å². The van der Waals surface area contributed by atoms with Gasteiger partial charge >= 0.3 is 12.2 Å². The minimum Gasteiger partial charge on any atom is -0.461 e. The molecular formula is C32H31ClF5N7O2S. The fourth-order valence-corrected chi connectivity index (χ4v) is 8.52. The van der Waals surface area contributed by atoms with E-state index in [0.717, 1.165) is 42.9 Å². The number of likely N-dealkylation sites (N-methyl/N-ethyl adjacent to an activating group) is 1. The van der Waals surface area contributed by atoms with Crippen LogP contribution in [0.2, 0.25) is 5.02 Å². The van der Waals surface area contributed by atoms with Crippen LogP contribution < -0.4 is 15.4 Å². The van der Waals surface area contributed by atoms with Crippen LogP contribution in [0, 0.1) is 5.82 Å². The molecule has 3 aliphatic rings. The van der Waals surface area contributed by atoms with E-state index in [1.165, 1.54) is 12.1 Å². The summed E-state index contributed by atoms with van der Waals surface area (Å²) in [5.41, 5.74) is 3.61. The lowest BCUT2D eigenvalue weighted by molar-refractivity contribution is -0.137. The van der Waals surface area contributed by atoms with Crippen LogP contribution in [0.5, 0.6) is 6.01 Å². The van der Waals surface area contributed by atoms with E-state index < -0.39 is 34.8 Å². The van der Waals surface area contributed by atoms with Gasteiger partial charge in [0.2, 0.25) is 5.91 Å². The third kappa shape index (κ3) is 5.49. The summed E-state index contributed by atoms with van der Waals surface area (Å²) in [5, 5.41) is -0.380. The molecule has 3 unspecified atom stereocenters. The van der Waals surface area contributed by atoms with E-state index in [-0.39, 0.29) is 73.8 Å². The van der Waals surface area contributed by atoms with Gasteiger partial charge in [-0.15, -0.1) is 0 Å². The third-order valence-electron chi connectivity index (χ3n) is 9.74. The number of nitrogens with zero attached hydrogens (tertiary/aromatic N) is 6. The zero-order valence-corrected chi connectivity index (χ0v) is 27.4. The van der Waals surface area contributed by atoms with Gasteiger partial charge in [0.15, 0.2) is 5.13 Å². The Morgan fingerprint density at radius 3 is 2.79 bits per heavy atom. The molecule has 4 aromatic rings. The van der Waals surface area contributed by atoms with Crippen LogP contribution in [0.15, 0.2) is 30.9 Å². The maximum atomic E-state index is 14.9. The molecule has 0 radical (unpaired) electrons. The molecule has 2 aromatic heterocycles. The molecule has 1 amide bonds. The Bertz CT molecular complexity index is 1960. The predicted octanol–water partition coefficient (Wildman–Crippen LogP) is 6.48. The first-order valence-electron chi connectivity index (χ1n) is 15.4. The number of hydrogen-bond acceptors (Lipinski definition) is 9. The van der Waals surface area contributed by atoms with Crippen LogP contribution >= 0.6 is 22.9 Å². The largest absolute Gasteiger partial charge is 0.461 e. The number of carbonyl (C=O) groups excluding carboxylic acids is 1. The van der Waals surface area contributed by atoms with Crippen LogP contribution in [0.25, 0.3) is 32.2 Å². The Kier molecular flexibility index (Phi) is 8.14.